The van der Waals surface area contributed by atoms with Crippen molar-refractivity contribution in [2.24, 2.45) is 0 Å². The number of unbranched alkanes of at least 4 members (excludes halogenated alkanes) is 9. The summed E-state index contributed by atoms with van der Waals surface area (Å²) < 4.78 is 15.4. The average molecular weight is 337 g/mol. The van der Waals surface area contributed by atoms with Gasteiger partial charge in [0, 0.05) is 6.04 Å². The van der Waals surface area contributed by atoms with Crippen molar-refractivity contribution in [1.29, 1.82) is 0 Å². The number of hydrogen-bond donors (Lipinski definition) is 2. The van der Waals surface area contributed by atoms with Gasteiger partial charge in [-0.1, -0.05) is 71.1 Å². The van der Waals surface area contributed by atoms with E-state index in [2.05, 4.69) is 11.4 Å². The predicted octanol–water partition coefficient (Wildman–Crippen LogP) is 4.34. The van der Waals surface area contributed by atoms with Gasteiger partial charge in [0.2, 0.25) is 0 Å². The summed E-state index contributed by atoms with van der Waals surface area (Å²) in [7, 11) is -0.510. The highest BCUT2D eigenvalue weighted by molar-refractivity contribution is 7.46. The van der Waals surface area contributed by atoms with E-state index in [0.29, 0.717) is 0 Å². The van der Waals surface area contributed by atoms with E-state index in [1.807, 2.05) is 19.0 Å². The number of nitrogens with zero attached hydrogens (tertiary/aromatic N) is 1. The molecule has 6 heteroatoms. The minimum Gasteiger partial charge on any atom is -0.304 e. The average Bonchev–Trinajstić information content (AvgIpc) is 2.42. The molecule has 2 N–H and O–H groups in total. The SMILES string of the molecule is CCCCCCCCCCCCC(COP(=O)(O)O)N(C)C. The first kappa shape index (κ1) is 22.1. The number of likely N-dealkylation sites (N-methyl/N-ethyl adjacent to an activating group) is 1. The molecule has 22 heavy (non-hydrogen) atoms. The van der Waals surface area contributed by atoms with Gasteiger partial charge in [0.05, 0.1) is 6.61 Å². The van der Waals surface area contributed by atoms with Crippen LogP contribution in [0.25, 0.3) is 0 Å². The Kier molecular flexibility index (Phi) is 13.5. The van der Waals surface area contributed by atoms with Crippen molar-refractivity contribution in [1.82, 2.24) is 4.90 Å². The van der Waals surface area contributed by atoms with Crippen molar-refractivity contribution in [3.8, 4) is 0 Å². The van der Waals surface area contributed by atoms with E-state index >= 15 is 0 Å². The third-order valence-electron chi connectivity index (χ3n) is 4.06. The molecule has 0 rings (SSSR count). The van der Waals surface area contributed by atoms with Gasteiger partial charge in [0.15, 0.2) is 0 Å². The molecule has 0 aliphatic rings. The lowest BCUT2D eigenvalue weighted by atomic mass is 10.0. The van der Waals surface area contributed by atoms with Crippen LogP contribution in [0.1, 0.15) is 77.6 Å². The summed E-state index contributed by atoms with van der Waals surface area (Å²) in [6, 6.07) is 0.0710. The van der Waals surface area contributed by atoms with Gasteiger partial charge in [-0.15, -0.1) is 0 Å². The number of hydrogen-bond acceptors (Lipinski definition) is 3. The molecule has 0 amide bonds. The van der Waals surface area contributed by atoms with Crippen LogP contribution >= 0.6 is 7.82 Å². The first-order valence-electron chi connectivity index (χ1n) is 8.73. The summed E-state index contributed by atoms with van der Waals surface area (Å²) in [5.41, 5.74) is 0. The minimum atomic E-state index is -4.35. The number of rotatable bonds is 15. The maximum Gasteiger partial charge on any atom is 0.469 e. The molecule has 0 saturated heterocycles. The van der Waals surface area contributed by atoms with E-state index in [-0.39, 0.29) is 12.6 Å². The maximum absolute atomic E-state index is 10.8. The van der Waals surface area contributed by atoms with Crippen LogP contribution < -0.4 is 0 Å². The van der Waals surface area contributed by atoms with Gasteiger partial charge in [-0.05, 0) is 20.5 Å². The minimum absolute atomic E-state index is 0.0710. The van der Waals surface area contributed by atoms with Crippen LogP contribution in [0.15, 0.2) is 0 Å². The van der Waals surface area contributed by atoms with E-state index in [1.165, 1.54) is 57.8 Å². The molecule has 0 aliphatic heterocycles. The molecule has 0 fully saturated rings. The smallest absolute Gasteiger partial charge is 0.304 e. The van der Waals surface area contributed by atoms with Crippen LogP contribution in [0.5, 0.6) is 0 Å². The molecule has 0 aromatic carbocycles. The highest BCUT2D eigenvalue weighted by Crippen LogP contribution is 2.36. The Labute approximate surface area is 136 Å². The Hall–Kier alpha value is 0.0700. The maximum atomic E-state index is 10.8. The standard InChI is InChI=1S/C16H36NO4P/c1-4-5-6-7-8-9-10-11-12-13-14-16(17(2)3)15-21-22(18,19)20/h16H,4-15H2,1-3H3,(H2,18,19,20). The first-order valence-corrected chi connectivity index (χ1v) is 10.3. The second-order valence-electron chi connectivity index (χ2n) is 6.37. The third kappa shape index (κ3) is 15.0. The Balaban J connectivity index is 3.55. The van der Waals surface area contributed by atoms with E-state index in [0.717, 1.165) is 12.8 Å². The van der Waals surface area contributed by atoms with Crippen molar-refractivity contribution < 1.29 is 18.9 Å². The Morgan fingerprint density at radius 1 is 0.909 bits per heavy atom. The van der Waals surface area contributed by atoms with E-state index in [1.54, 1.807) is 0 Å². The van der Waals surface area contributed by atoms with Crippen molar-refractivity contribution in [2.45, 2.75) is 83.6 Å². The van der Waals surface area contributed by atoms with E-state index in [9.17, 15) is 4.57 Å². The molecule has 0 aromatic heterocycles. The second-order valence-corrected chi connectivity index (χ2v) is 7.61. The fourth-order valence-electron chi connectivity index (χ4n) is 2.54. The fourth-order valence-corrected chi connectivity index (χ4v) is 2.91. The first-order chi connectivity index (χ1) is 10.4. The molecule has 1 unspecified atom stereocenters. The molecule has 0 saturated carbocycles. The Morgan fingerprint density at radius 2 is 1.36 bits per heavy atom. The quantitative estimate of drug-likeness (QED) is 0.344. The zero-order valence-electron chi connectivity index (χ0n) is 14.7. The van der Waals surface area contributed by atoms with Gasteiger partial charge in [-0.3, -0.25) is 4.52 Å². The molecule has 134 valence electrons. The highest BCUT2D eigenvalue weighted by Gasteiger charge is 2.19. The predicted molar refractivity (Wildman–Crippen MR) is 91.9 cm³/mol. The largest absolute Gasteiger partial charge is 0.469 e. The molecule has 0 radical (unpaired) electrons. The highest BCUT2D eigenvalue weighted by atomic mass is 31.2. The Morgan fingerprint density at radius 3 is 1.77 bits per heavy atom. The molecule has 0 spiro atoms. The van der Waals surface area contributed by atoms with Gasteiger partial charge in [0.1, 0.15) is 0 Å². The van der Waals surface area contributed by atoms with Gasteiger partial charge >= 0.3 is 7.82 Å². The zero-order chi connectivity index (χ0) is 16.8. The van der Waals surface area contributed by atoms with Crippen LogP contribution in [0, 0.1) is 0 Å². The lowest BCUT2D eigenvalue weighted by molar-refractivity contribution is 0.133. The third-order valence-corrected chi connectivity index (χ3v) is 4.54. The van der Waals surface area contributed by atoms with Crippen molar-refractivity contribution >= 4 is 7.82 Å². The van der Waals surface area contributed by atoms with Crippen LogP contribution in [0.2, 0.25) is 0 Å². The lowest BCUT2D eigenvalue weighted by Crippen LogP contribution is -2.32. The summed E-state index contributed by atoms with van der Waals surface area (Å²) in [5.74, 6) is 0. The zero-order valence-corrected chi connectivity index (χ0v) is 15.6. The van der Waals surface area contributed by atoms with Crippen LogP contribution in [0.3, 0.4) is 0 Å². The fraction of sp³-hybridized carbons (Fsp3) is 1.00. The molecule has 0 heterocycles. The van der Waals surface area contributed by atoms with Crippen molar-refractivity contribution in [3.05, 3.63) is 0 Å². The monoisotopic (exact) mass is 337 g/mol. The van der Waals surface area contributed by atoms with Gasteiger partial charge in [-0.25, -0.2) is 4.57 Å². The molecule has 0 bridgehead atoms. The molecular weight excluding hydrogens is 301 g/mol. The van der Waals surface area contributed by atoms with Gasteiger partial charge in [-0.2, -0.15) is 0 Å². The van der Waals surface area contributed by atoms with Crippen molar-refractivity contribution in [3.63, 3.8) is 0 Å². The van der Waals surface area contributed by atoms with Crippen molar-refractivity contribution in [2.75, 3.05) is 20.7 Å². The summed E-state index contributed by atoms with van der Waals surface area (Å²) >= 11 is 0. The molecule has 1 atom stereocenters. The summed E-state index contributed by atoms with van der Waals surface area (Å²) in [4.78, 5) is 19.5. The lowest BCUT2D eigenvalue weighted by Gasteiger charge is -2.24. The van der Waals surface area contributed by atoms with Crippen LogP contribution in [-0.2, 0) is 9.09 Å². The van der Waals surface area contributed by atoms with Gasteiger partial charge in [0.25, 0.3) is 0 Å². The van der Waals surface area contributed by atoms with Gasteiger partial charge < -0.3 is 14.7 Å². The molecule has 0 aromatic rings. The normalized spacial score (nSPS) is 13.7. The molecular formula is C16H36NO4P. The number of phosphoric ester groups is 1. The van der Waals surface area contributed by atoms with E-state index in [4.69, 9.17) is 9.79 Å². The molecule has 5 nitrogen and oxygen atoms in total. The summed E-state index contributed by atoms with van der Waals surface area (Å²) in [6.07, 6.45) is 13.9. The van der Waals surface area contributed by atoms with Crippen LogP contribution in [0.4, 0.5) is 0 Å². The topological polar surface area (TPSA) is 70.0 Å². The number of phosphoric acid groups is 1. The summed E-state index contributed by atoms with van der Waals surface area (Å²) in [5, 5.41) is 0. The van der Waals surface area contributed by atoms with E-state index < -0.39 is 7.82 Å². The Bertz CT molecular complexity index is 294. The second kappa shape index (κ2) is 13.5. The van der Waals surface area contributed by atoms with Crippen LogP contribution in [-0.4, -0.2) is 41.4 Å². The molecule has 0 aliphatic carbocycles. The summed E-state index contributed by atoms with van der Waals surface area (Å²) in [6.45, 7) is 2.33.